The number of methoxy groups -OCH3 is 1. The molecule has 5 nitrogen and oxygen atoms in total. The highest BCUT2D eigenvalue weighted by Crippen LogP contribution is 2.36. The summed E-state index contributed by atoms with van der Waals surface area (Å²) in [6.45, 7) is 8.17. The maximum Gasteiger partial charge on any atom is 0.208 e. The Morgan fingerprint density at radius 2 is 2.17 bits per heavy atom. The van der Waals surface area contributed by atoms with E-state index >= 15 is 0 Å². The summed E-state index contributed by atoms with van der Waals surface area (Å²) < 4.78 is 5.02. The van der Waals surface area contributed by atoms with Crippen molar-refractivity contribution in [3.63, 3.8) is 0 Å². The van der Waals surface area contributed by atoms with E-state index in [1.165, 1.54) is 19.3 Å². The SMILES string of the molecule is CCC1(CC)CCN(C(=NCCCOC)NN)C1. The lowest BCUT2D eigenvalue weighted by Gasteiger charge is -2.27. The van der Waals surface area contributed by atoms with Crippen LogP contribution in [0.5, 0.6) is 0 Å². The summed E-state index contributed by atoms with van der Waals surface area (Å²) in [5.74, 6) is 6.41. The van der Waals surface area contributed by atoms with E-state index in [1.807, 2.05) is 0 Å². The Bertz CT molecular complexity index is 264. The number of nitrogens with two attached hydrogens (primary N) is 1. The second kappa shape index (κ2) is 7.59. The van der Waals surface area contributed by atoms with E-state index in [0.717, 1.165) is 38.6 Å². The van der Waals surface area contributed by atoms with Crippen LogP contribution in [0, 0.1) is 5.41 Å². The predicted octanol–water partition coefficient (Wildman–Crippen LogP) is 1.35. The smallest absolute Gasteiger partial charge is 0.208 e. The van der Waals surface area contributed by atoms with E-state index in [0.29, 0.717) is 5.41 Å². The van der Waals surface area contributed by atoms with Crippen molar-refractivity contribution >= 4 is 5.96 Å². The highest BCUT2D eigenvalue weighted by atomic mass is 16.5. The van der Waals surface area contributed by atoms with Gasteiger partial charge in [0.25, 0.3) is 0 Å². The van der Waals surface area contributed by atoms with Crippen LogP contribution in [0.4, 0.5) is 0 Å². The first-order chi connectivity index (χ1) is 8.71. The number of nitrogens with zero attached hydrogens (tertiary/aromatic N) is 2. The van der Waals surface area contributed by atoms with Gasteiger partial charge in [0.05, 0.1) is 0 Å². The van der Waals surface area contributed by atoms with Gasteiger partial charge in [0, 0.05) is 33.4 Å². The Kier molecular flexibility index (Phi) is 6.43. The molecule has 1 aliphatic rings. The van der Waals surface area contributed by atoms with Gasteiger partial charge in [-0.3, -0.25) is 10.4 Å². The lowest BCUT2D eigenvalue weighted by Crippen LogP contribution is -2.44. The monoisotopic (exact) mass is 256 g/mol. The summed E-state index contributed by atoms with van der Waals surface area (Å²) in [6, 6.07) is 0. The number of nitrogens with one attached hydrogen (secondary N) is 1. The van der Waals surface area contributed by atoms with Gasteiger partial charge in [-0.1, -0.05) is 13.8 Å². The number of guanidine groups is 1. The number of rotatable bonds is 6. The van der Waals surface area contributed by atoms with Crippen LogP contribution >= 0.6 is 0 Å². The molecule has 0 spiro atoms. The number of hydrogen-bond donors (Lipinski definition) is 2. The summed E-state index contributed by atoms with van der Waals surface area (Å²) in [5, 5.41) is 0. The van der Waals surface area contributed by atoms with Crippen LogP contribution in [0.3, 0.4) is 0 Å². The van der Waals surface area contributed by atoms with Crippen molar-refractivity contribution in [2.24, 2.45) is 16.3 Å². The van der Waals surface area contributed by atoms with Gasteiger partial charge in [0.1, 0.15) is 0 Å². The molecule has 0 radical (unpaired) electrons. The summed E-state index contributed by atoms with van der Waals surface area (Å²) in [7, 11) is 1.71. The fourth-order valence-corrected chi connectivity index (χ4v) is 2.57. The molecule has 1 rings (SSSR count). The van der Waals surface area contributed by atoms with Crippen molar-refractivity contribution in [1.82, 2.24) is 10.3 Å². The van der Waals surface area contributed by atoms with E-state index in [-0.39, 0.29) is 0 Å². The molecule has 0 aromatic rings. The third kappa shape index (κ3) is 3.85. The molecule has 106 valence electrons. The molecule has 0 amide bonds. The number of hydrazine groups is 1. The quantitative estimate of drug-likeness (QED) is 0.248. The van der Waals surface area contributed by atoms with Crippen molar-refractivity contribution in [3.05, 3.63) is 0 Å². The second-order valence-electron chi connectivity index (χ2n) is 5.07. The molecule has 0 aromatic carbocycles. The molecule has 0 aromatic heterocycles. The first kappa shape index (κ1) is 15.2. The van der Waals surface area contributed by atoms with Crippen LogP contribution in [-0.2, 0) is 4.74 Å². The Labute approximate surface area is 111 Å². The van der Waals surface area contributed by atoms with Crippen LogP contribution in [0.2, 0.25) is 0 Å². The van der Waals surface area contributed by atoms with E-state index in [2.05, 4.69) is 29.2 Å². The maximum atomic E-state index is 5.59. The zero-order valence-electron chi connectivity index (χ0n) is 12.0. The molecule has 0 unspecified atom stereocenters. The summed E-state index contributed by atoms with van der Waals surface area (Å²) in [4.78, 5) is 6.80. The van der Waals surface area contributed by atoms with Crippen molar-refractivity contribution < 1.29 is 4.74 Å². The Hall–Kier alpha value is -0.810. The van der Waals surface area contributed by atoms with E-state index in [9.17, 15) is 0 Å². The van der Waals surface area contributed by atoms with Crippen molar-refractivity contribution in [2.45, 2.75) is 39.5 Å². The molecule has 5 heteroatoms. The minimum atomic E-state index is 0.449. The van der Waals surface area contributed by atoms with Crippen LogP contribution < -0.4 is 11.3 Å². The van der Waals surface area contributed by atoms with Crippen molar-refractivity contribution in [1.29, 1.82) is 0 Å². The third-order valence-electron chi connectivity index (χ3n) is 4.14. The molecular weight excluding hydrogens is 228 g/mol. The van der Waals surface area contributed by atoms with Crippen LogP contribution in [0.15, 0.2) is 4.99 Å². The molecule has 3 N–H and O–H groups in total. The molecule has 0 atom stereocenters. The van der Waals surface area contributed by atoms with Crippen molar-refractivity contribution in [2.75, 3.05) is 33.4 Å². The lowest BCUT2D eigenvalue weighted by atomic mass is 9.82. The molecule has 0 aliphatic carbocycles. The molecule has 18 heavy (non-hydrogen) atoms. The topological polar surface area (TPSA) is 62.9 Å². The van der Waals surface area contributed by atoms with Gasteiger partial charge in [0.2, 0.25) is 5.96 Å². The summed E-state index contributed by atoms with van der Waals surface area (Å²) in [6.07, 6.45) is 4.62. The minimum absolute atomic E-state index is 0.449. The minimum Gasteiger partial charge on any atom is -0.385 e. The highest BCUT2D eigenvalue weighted by molar-refractivity contribution is 5.79. The molecule has 0 saturated carbocycles. The first-order valence-corrected chi connectivity index (χ1v) is 6.96. The van der Waals surface area contributed by atoms with Gasteiger partial charge in [-0.2, -0.15) is 0 Å². The lowest BCUT2D eigenvalue weighted by molar-refractivity contribution is 0.197. The Morgan fingerprint density at radius 1 is 1.44 bits per heavy atom. The largest absolute Gasteiger partial charge is 0.385 e. The molecule has 1 heterocycles. The van der Waals surface area contributed by atoms with Gasteiger partial charge < -0.3 is 9.64 Å². The zero-order valence-corrected chi connectivity index (χ0v) is 12.0. The normalized spacial score (nSPS) is 19.3. The predicted molar refractivity (Wildman–Crippen MR) is 75.3 cm³/mol. The Morgan fingerprint density at radius 3 is 2.67 bits per heavy atom. The van der Waals surface area contributed by atoms with E-state index < -0.39 is 0 Å². The first-order valence-electron chi connectivity index (χ1n) is 6.96. The van der Waals surface area contributed by atoms with E-state index in [1.54, 1.807) is 7.11 Å². The highest BCUT2D eigenvalue weighted by Gasteiger charge is 2.36. The molecule has 0 bridgehead atoms. The summed E-state index contributed by atoms with van der Waals surface area (Å²) >= 11 is 0. The van der Waals surface area contributed by atoms with Gasteiger partial charge in [-0.25, -0.2) is 5.84 Å². The fraction of sp³-hybridized carbons (Fsp3) is 0.923. The average Bonchev–Trinajstić information content (AvgIpc) is 2.84. The van der Waals surface area contributed by atoms with Gasteiger partial charge in [0.15, 0.2) is 0 Å². The maximum absolute atomic E-state index is 5.59. The second-order valence-corrected chi connectivity index (χ2v) is 5.07. The van der Waals surface area contributed by atoms with Crippen LogP contribution in [0.25, 0.3) is 0 Å². The number of likely N-dealkylation sites (tertiary alicyclic amines) is 1. The van der Waals surface area contributed by atoms with Crippen molar-refractivity contribution in [3.8, 4) is 0 Å². The average molecular weight is 256 g/mol. The summed E-state index contributed by atoms with van der Waals surface area (Å²) in [5.41, 5.74) is 3.19. The fourth-order valence-electron chi connectivity index (χ4n) is 2.57. The molecule has 1 saturated heterocycles. The molecule has 1 fully saturated rings. The Balaban J connectivity index is 2.51. The van der Waals surface area contributed by atoms with Gasteiger partial charge in [-0.05, 0) is 31.1 Å². The van der Waals surface area contributed by atoms with Crippen LogP contribution in [0.1, 0.15) is 39.5 Å². The number of ether oxygens (including phenoxy) is 1. The molecule has 1 aliphatic heterocycles. The molecular formula is C13H28N4O. The van der Waals surface area contributed by atoms with Crippen LogP contribution in [-0.4, -0.2) is 44.2 Å². The third-order valence-corrected chi connectivity index (χ3v) is 4.14. The van der Waals surface area contributed by atoms with E-state index in [4.69, 9.17) is 10.6 Å². The zero-order chi connectivity index (χ0) is 13.4. The number of aliphatic imine (C=N–C) groups is 1. The van der Waals surface area contributed by atoms with Gasteiger partial charge >= 0.3 is 0 Å². The van der Waals surface area contributed by atoms with Gasteiger partial charge in [-0.15, -0.1) is 0 Å². The standard InChI is InChI=1S/C13H28N4O/c1-4-13(5-2)7-9-17(11-13)12(16-14)15-8-6-10-18-3/h4-11,14H2,1-3H3,(H,15,16). The number of hydrogen-bond acceptors (Lipinski definition) is 3.